The molecule has 0 aromatic heterocycles. The Morgan fingerprint density at radius 1 is 0.532 bits per heavy atom. The van der Waals surface area contributed by atoms with Crippen LogP contribution in [0.25, 0.3) is 0 Å². The average Bonchev–Trinajstić information content (AvgIpc) is 3.05. The van der Waals surface area contributed by atoms with Gasteiger partial charge in [0.15, 0.2) is 0 Å². The molecule has 0 saturated heterocycles. The molecule has 3 aromatic rings. The van der Waals surface area contributed by atoms with Crippen molar-refractivity contribution in [1.82, 2.24) is 21.3 Å². The number of aliphatic carboxylic acids is 1. The topological polar surface area (TPSA) is 154 Å². The first-order chi connectivity index (χ1) is 22.4. The second kappa shape index (κ2) is 18.2. The van der Waals surface area contributed by atoms with E-state index in [0.29, 0.717) is 6.42 Å². The zero-order valence-electron chi connectivity index (χ0n) is 27.4. The minimum absolute atomic E-state index is 0.0618. The summed E-state index contributed by atoms with van der Waals surface area (Å²) in [5.74, 6) is -3.89. The number of hydrogen-bond donors (Lipinski definition) is 5. The molecule has 0 saturated carbocycles. The van der Waals surface area contributed by atoms with Crippen LogP contribution in [0.3, 0.4) is 0 Å². The Morgan fingerprint density at radius 3 is 1.40 bits per heavy atom. The monoisotopic (exact) mass is 642 g/mol. The third-order valence-corrected chi connectivity index (χ3v) is 7.81. The predicted octanol–water partition coefficient (Wildman–Crippen LogP) is 3.44. The predicted molar refractivity (Wildman–Crippen MR) is 180 cm³/mol. The molecule has 0 heterocycles. The van der Waals surface area contributed by atoms with E-state index in [2.05, 4.69) is 21.3 Å². The molecule has 4 atom stereocenters. The van der Waals surface area contributed by atoms with Gasteiger partial charge in [0.2, 0.25) is 23.6 Å². The molecule has 10 heteroatoms. The molecule has 250 valence electrons. The average molecular weight is 643 g/mol. The summed E-state index contributed by atoms with van der Waals surface area (Å²) < 4.78 is 0. The molecular formula is C37H46N4O6. The van der Waals surface area contributed by atoms with Gasteiger partial charge in [0.05, 0.1) is 0 Å². The van der Waals surface area contributed by atoms with Gasteiger partial charge < -0.3 is 26.4 Å². The van der Waals surface area contributed by atoms with Crippen molar-refractivity contribution in [3.63, 3.8) is 0 Å². The lowest BCUT2D eigenvalue weighted by Crippen LogP contribution is -2.60. The van der Waals surface area contributed by atoms with E-state index < -0.39 is 47.9 Å². The molecule has 0 bridgehead atoms. The Bertz CT molecular complexity index is 1460. The van der Waals surface area contributed by atoms with Crippen LogP contribution < -0.4 is 21.3 Å². The Labute approximate surface area is 276 Å². The number of benzene rings is 3. The van der Waals surface area contributed by atoms with Gasteiger partial charge in [-0.25, -0.2) is 4.79 Å². The van der Waals surface area contributed by atoms with Crippen LogP contribution in [0.4, 0.5) is 0 Å². The summed E-state index contributed by atoms with van der Waals surface area (Å²) in [7, 11) is 0. The van der Waals surface area contributed by atoms with Crippen molar-refractivity contribution < 1.29 is 29.1 Å². The molecule has 3 rings (SSSR count). The fraction of sp³-hybridized carbons (Fsp3) is 0.378. The van der Waals surface area contributed by atoms with Gasteiger partial charge in [-0.3, -0.25) is 19.2 Å². The minimum Gasteiger partial charge on any atom is -0.480 e. The van der Waals surface area contributed by atoms with Gasteiger partial charge in [-0.15, -0.1) is 0 Å². The normalized spacial score (nSPS) is 13.6. The highest BCUT2D eigenvalue weighted by molar-refractivity contribution is 5.95. The van der Waals surface area contributed by atoms with E-state index in [0.717, 1.165) is 16.7 Å². The zero-order chi connectivity index (χ0) is 34.3. The number of carboxylic acids is 1. The van der Waals surface area contributed by atoms with E-state index in [-0.39, 0.29) is 37.0 Å². The van der Waals surface area contributed by atoms with Crippen molar-refractivity contribution in [2.45, 2.75) is 77.5 Å². The Balaban J connectivity index is 1.73. The minimum atomic E-state index is -1.22. The van der Waals surface area contributed by atoms with Crippen molar-refractivity contribution >= 4 is 29.6 Å². The lowest BCUT2D eigenvalue weighted by Gasteiger charge is -2.29. The van der Waals surface area contributed by atoms with E-state index in [1.54, 1.807) is 76.2 Å². The van der Waals surface area contributed by atoms with Gasteiger partial charge in [-0.05, 0) is 34.9 Å². The molecule has 0 aliphatic heterocycles. The van der Waals surface area contributed by atoms with Crippen molar-refractivity contribution in [1.29, 1.82) is 0 Å². The van der Waals surface area contributed by atoms with Gasteiger partial charge >= 0.3 is 5.97 Å². The number of amides is 4. The first-order valence-corrected chi connectivity index (χ1v) is 16.0. The third kappa shape index (κ3) is 12.0. The highest BCUT2D eigenvalue weighted by Crippen LogP contribution is 2.11. The van der Waals surface area contributed by atoms with Gasteiger partial charge in [-0.1, -0.05) is 119 Å². The fourth-order valence-corrected chi connectivity index (χ4v) is 5.10. The molecular weight excluding hydrogens is 596 g/mol. The van der Waals surface area contributed by atoms with E-state index >= 15 is 0 Å². The van der Waals surface area contributed by atoms with Gasteiger partial charge in [0.25, 0.3) is 0 Å². The molecule has 0 aliphatic rings. The van der Waals surface area contributed by atoms with Gasteiger partial charge in [-0.2, -0.15) is 0 Å². The van der Waals surface area contributed by atoms with Crippen LogP contribution in [0.1, 0.15) is 50.8 Å². The smallest absolute Gasteiger partial charge is 0.326 e. The zero-order valence-corrected chi connectivity index (χ0v) is 27.4. The van der Waals surface area contributed by atoms with Crippen LogP contribution in [-0.4, -0.2) is 58.9 Å². The van der Waals surface area contributed by atoms with Crippen LogP contribution in [0.15, 0.2) is 91.0 Å². The van der Waals surface area contributed by atoms with Gasteiger partial charge in [0, 0.05) is 19.3 Å². The standard InChI is InChI=1S/C37H46N4O6/c1-24(2)32(40-31(42)21-20-26-14-8-5-9-15-26)36(45)41-33(25(3)4)35(44)38-29(22-27-16-10-6-11-17-27)34(43)39-30(37(46)47)23-28-18-12-7-13-19-28/h5-19,24-25,29-30,32-33H,20-23H2,1-4H3,(H,38,44)(H,39,43)(H,40,42)(H,41,45)(H,46,47). The molecule has 0 fully saturated rings. The largest absolute Gasteiger partial charge is 0.480 e. The molecule has 0 radical (unpaired) electrons. The quantitative estimate of drug-likeness (QED) is 0.152. The lowest BCUT2D eigenvalue weighted by atomic mass is 9.98. The van der Waals surface area contributed by atoms with Crippen LogP contribution in [0, 0.1) is 11.8 Å². The van der Waals surface area contributed by atoms with Gasteiger partial charge in [0.1, 0.15) is 24.2 Å². The summed E-state index contributed by atoms with van der Waals surface area (Å²) in [6, 6.07) is 23.3. The molecule has 47 heavy (non-hydrogen) atoms. The molecule has 10 nitrogen and oxygen atoms in total. The fourth-order valence-electron chi connectivity index (χ4n) is 5.10. The number of carboxylic acid groups (broad SMARTS) is 1. The number of carbonyl (C=O) groups is 5. The van der Waals surface area contributed by atoms with Crippen LogP contribution >= 0.6 is 0 Å². The maximum Gasteiger partial charge on any atom is 0.326 e. The number of aryl methyl sites for hydroxylation is 1. The van der Waals surface area contributed by atoms with Crippen LogP contribution in [-0.2, 0) is 43.2 Å². The van der Waals surface area contributed by atoms with Crippen molar-refractivity contribution in [3.8, 4) is 0 Å². The van der Waals surface area contributed by atoms with E-state index in [9.17, 15) is 29.1 Å². The first kappa shape index (κ1) is 36.5. The lowest BCUT2D eigenvalue weighted by molar-refractivity contribution is -0.142. The molecule has 4 amide bonds. The summed E-state index contributed by atoms with van der Waals surface area (Å²) in [6.07, 6.45) is 0.884. The van der Waals surface area contributed by atoms with E-state index in [4.69, 9.17) is 0 Å². The molecule has 5 N–H and O–H groups in total. The second-order valence-electron chi connectivity index (χ2n) is 12.3. The SMILES string of the molecule is CC(C)C(NC(=O)CCc1ccccc1)C(=O)NC(C(=O)NC(Cc1ccccc1)C(=O)NC(Cc1ccccc1)C(=O)O)C(C)C. The maximum absolute atomic E-state index is 13.7. The Hall–Kier alpha value is -4.99. The second-order valence-corrected chi connectivity index (χ2v) is 12.3. The van der Waals surface area contributed by atoms with Crippen molar-refractivity contribution in [3.05, 3.63) is 108 Å². The van der Waals surface area contributed by atoms with Crippen molar-refractivity contribution in [2.24, 2.45) is 11.8 Å². The maximum atomic E-state index is 13.7. The number of rotatable bonds is 17. The van der Waals surface area contributed by atoms with E-state index in [1.165, 1.54) is 0 Å². The summed E-state index contributed by atoms with van der Waals surface area (Å²) in [5.41, 5.74) is 2.50. The highest BCUT2D eigenvalue weighted by atomic mass is 16.4. The summed E-state index contributed by atoms with van der Waals surface area (Å²) in [5, 5.41) is 20.8. The van der Waals surface area contributed by atoms with Crippen LogP contribution in [0.2, 0.25) is 0 Å². The van der Waals surface area contributed by atoms with Crippen molar-refractivity contribution in [2.75, 3.05) is 0 Å². The molecule has 4 unspecified atom stereocenters. The third-order valence-electron chi connectivity index (χ3n) is 7.81. The molecule has 0 aliphatic carbocycles. The Kier molecular flexibility index (Phi) is 14.1. The van der Waals surface area contributed by atoms with E-state index in [1.807, 2.05) is 42.5 Å². The molecule has 0 spiro atoms. The summed E-state index contributed by atoms with van der Waals surface area (Å²) in [6.45, 7) is 7.14. The highest BCUT2D eigenvalue weighted by Gasteiger charge is 2.33. The number of carbonyl (C=O) groups excluding carboxylic acids is 4. The number of nitrogens with one attached hydrogen (secondary N) is 4. The molecule has 3 aromatic carbocycles. The summed E-state index contributed by atoms with van der Waals surface area (Å²) in [4.78, 5) is 65.6. The summed E-state index contributed by atoms with van der Waals surface area (Å²) >= 11 is 0. The van der Waals surface area contributed by atoms with Crippen LogP contribution in [0.5, 0.6) is 0 Å². The Morgan fingerprint density at radius 2 is 0.936 bits per heavy atom. The number of hydrogen-bond acceptors (Lipinski definition) is 5. The first-order valence-electron chi connectivity index (χ1n) is 16.0.